The predicted octanol–water partition coefficient (Wildman–Crippen LogP) is 1.83. The van der Waals surface area contributed by atoms with E-state index in [9.17, 15) is 9.50 Å². The molecule has 82 valence electrons. The Labute approximate surface area is 89.1 Å². The molecule has 2 rings (SSSR count). The third-order valence-electron chi connectivity index (χ3n) is 2.96. The standard InChI is InChI=1S/C12H16FNO/c13-10-6-4-9(5-7-10)8-14-11-2-1-3-12(11)15/h4-7,11-12,14-15H,1-3,8H2/t11-,12-/m1/s1. The van der Waals surface area contributed by atoms with Gasteiger partial charge in [0, 0.05) is 12.6 Å². The molecule has 0 aliphatic heterocycles. The van der Waals surface area contributed by atoms with Crippen LogP contribution in [0.1, 0.15) is 24.8 Å². The van der Waals surface area contributed by atoms with E-state index in [0.717, 1.165) is 24.8 Å². The molecule has 1 aromatic rings. The van der Waals surface area contributed by atoms with Crippen LogP contribution >= 0.6 is 0 Å². The Kier molecular flexibility index (Phi) is 3.34. The molecule has 3 heteroatoms. The molecule has 1 aliphatic rings. The first kappa shape index (κ1) is 10.6. The summed E-state index contributed by atoms with van der Waals surface area (Å²) in [4.78, 5) is 0. The predicted molar refractivity (Wildman–Crippen MR) is 56.9 cm³/mol. The van der Waals surface area contributed by atoms with Crippen LogP contribution in [-0.4, -0.2) is 17.3 Å². The van der Waals surface area contributed by atoms with Gasteiger partial charge in [0.2, 0.25) is 0 Å². The smallest absolute Gasteiger partial charge is 0.123 e. The number of benzene rings is 1. The molecule has 0 aromatic heterocycles. The zero-order valence-corrected chi connectivity index (χ0v) is 8.62. The van der Waals surface area contributed by atoms with Crippen molar-refractivity contribution < 1.29 is 9.50 Å². The second-order valence-corrected chi connectivity index (χ2v) is 4.11. The van der Waals surface area contributed by atoms with Gasteiger partial charge in [0.15, 0.2) is 0 Å². The van der Waals surface area contributed by atoms with Crippen LogP contribution in [0.5, 0.6) is 0 Å². The maximum atomic E-state index is 12.6. The number of nitrogens with one attached hydrogen (secondary N) is 1. The van der Waals surface area contributed by atoms with Crippen molar-refractivity contribution in [2.75, 3.05) is 0 Å². The highest BCUT2D eigenvalue weighted by molar-refractivity contribution is 5.15. The number of hydrogen-bond acceptors (Lipinski definition) is 2. The maximum Gasteiger partial charge on any atom is 0.123 e. The third kappa shape index (κ3) is 2.76. The second-order valence-electron chi connectivity index (χ2n) is 4.11. The molecule has 0 radical (unpaired) electrons. The van der Waals surface area contributed by atoms with E-state index in [1.54, 1.807) is 12.1 Å². The number of hydrogen-bond donors (Lipinski definition) is 2. The first-order valence-electron chi connectivity index (χ1n) is 5.41. The SMILES string of the molecule is O[C@@H]1CCC[C@H]1NCc1ccc(F)cc1. The van der Waals surface area contributed by atoms with Gasteiger partial charge in [-0.1, -0.05) is 12.1 Å². The molecule has 2 N–H and O–H groups in total. The number of halogens is 1. The zero-order valence-electron chi connectivity index (χ0n) is 8.62. The lowest BCUT2D eigenvalue weighted by atomic mass is 10.1. The molecular formula is C12H16FNO. The van der Waals surface area contributed by atoms with Crippen molar-refractivity contribution in [2.45, 2.75) is 38.0 Å². The van der Waals surface area contributed by atoms with Gasteiger partial charge in [-0.3, -0.25) is 0 Å². The highest BCUT2D eigenvalue weighted by Crippen LogP contribution is 2.19. The van der Waals surface area contributed by atoms with Crippen molar-refractivity contribution in [2.24, 2.45) is 0 Å². The molecule has 0 amide bonds. The summed E-state index contributed by atoms with van der Waals surface area (Å²) in [5.74, 6) is -0.209. The number of rotatable bonds is 3. The van der Waals surface area contributed by atoms with Crippen LogP contribution in [0.3, 0.4) is 0 Å². The van der Waals surface area contributed by atoms with E-state index in [1.807, 2.05) is 0 Å². The van der Waals surface area contributed by atoms with Crippen molar-refractivity contribution in [3.05, 3.63) is 35.6 Å². The topological polar surface area (TPSA) is 32.3 Å². The summed E-state index contributed by atoms with van der Waals surface area (Å²) in [6, 6.07) is 6.66. The number of aliphatic hydroxyl groups excluding tert-OH is 1. The van der Waals surface area contributed by atoms with Gasteiger partial charge in [0.1, 0.15) is 5.82 Å². The van der Waals surface area contributed by atoms with Crippen molar-refractivity contribution in [3.8, 4) is 0 Å². The van der Waals surface area contributed by atoms with Gasteiger partial charge in [-0.05, 0) is 37.0 Å². The van der Waals surface area contributed by atoms with E-state index < -0.39 is 0 Å². The maximum absolute atomic E-state index is 12.6. The summed E-state index contributed by atoms with van der Waals surface area (Å²) in [5, 5.41) is 12.9. The van der Waals surface area contributed by atoms with E-state index in [2.05, 4.69) is 5.32 Å². The summed E-state index contributed by atoms with van der Waals surface area (Å²) in [6.45, 7) is 0.696. The third-order valence-corrected chi connectivity index (χ3v) is 2.96. The quantitative estimate of drug-likeness (QED) is 0.796. The minimum absolute atomic E-state index is 0.204. The van der Waals surface area contributed by atoms with Crippen molar-refractivity contribution >= 4 is 0 Å². The normalized spacial score (nSPS) is 25.7. The van der Waals surface area contributed by atoms with Gasteiger partial charge in [0.05, 0.1) is 6.10 Å². The van der Waals surface area contributed by atoms with Gasteiger partial charge >= 0.3 is 0 Å². The molecule has 2 nitrogen and oxygen atoms in total. The van der Waals surface area contributed by atoms with Gasteiger partial charge in [0.25, 0.3) is 0 Å². The lowest BCUT2D eigenvalue weighted by molar-refractivity contribution is 0.148. The van der Waals surface area contributed by atoms with Crippen molar-refractivity contribution in [3.63, 3.8) is 0 Å². The van der Waals surface area contributed by atoms with Gasteiger partial charge in [-0.15, -0.1) is 0 Å². The van der Waals surface area contributed by atoms with Gasteiger partial charge in [-0.2, -0.15) is 0 Å². The summed E-state index contributed by atoms with van der Waals surface area (Å²) in [5.41, 5.74) is 1.05. The Bertz CT molecular complexity index is 312. The Morgan fingerprint density at radius 1 is 1.27 bits per heavy atom. The monoisotopic (exact) mass is 209 g/mol. The fourth-order valence-corrected chi connectivity index (χ4v) is 2.03. The van der Waals surface area contributed by atoms with Crippen LogP contribution in [-0.2, 0) is 6.54 Å². The highest BCUT2D eigenvalue weighted by atomic mass is 19.1. The molecule has 1 fully saturated rings. The Morgan fingerprint density at radius 3 is 2.60 bits per heavy atom. The van der Waals surface area contributed by atoms with E-state index in [1.165, 1.54) is 12.1 Å². The average Bonchev–Trinajstić information content (AvgIpc) is 2.63. The lowest BCUT2D eigenvalue weighted by Crippen LogP contribution is -2.34. The summed E-state index contributed by atoms with van der Waals surface area (Å²) < 4.78 is 12.6. The molecule has 15 heavy (non-hydrogen) atoms. The molecule has 0 heterocycles. The first-order valence-corrected chi connectivity index (χ1v) is 5.41. The molecule has 1 aromatic carbocycles. The molecule has 1 aliphatic carbocycles. The average molecular weight is 209 g/mol. The summed E-state index contributed by atoms with van der Waals surface area (Å²) in [6.07, 6.45) is 2.79. The summed E-state index contributed by atoms with van der Waals surface area (Å²) in [7, 11) is 0. The van der Waals surface area contributed by atoms with Crippen molar-refractivity contribution in [1.29, 1.82) is 0 Å². The fraction of sp³-hybridized carbons (Fsp3) is 0.500. The van der Waals surface area contributed by atoms with E-state index in [0.29, 0.717) is 6.54 Å². The fourth-order valence-electron chi connectivity index (χ4n) is 2.03. The minimum atomic E-state index is -0.217. The lowest BCUT2D eigenvalue weighted by Gasteiger charge is -2.16. The van der Waals surface area contributed by atoms with Crippen LogP contribution in [0, 0.1) is 5.82 Å². The zero-order chi connectivity index (χ0) is 10.7. The van der Waals surface area contributed by atoms with Crippen LogP contribution in [0.4, 0.5) is 4.39 Å². The van der Waals surface area contributed by atoms with Crippen molar-refractivity contribution in [1.82, 2.24) is 5.32 Å². The molecule has 0 unspecified atom stereocenters. The molecular weight excluding hydrogens is 193 g/mol. The Morgan fingerprint density at radius 2 is 2.00 bits per heavy atom. The van der Waals surface area contributed by atoms with E-state index in [-0.39, 0.29) is 18.0 Å². The first-order chi connectivity index (χ1) is 7.25. The second kappa shape index (κ2) is 4.73. The highest BCUT2D eigenvalue weighted by Gasteiger charge is 2.24. The van der Waals surface area contributed by atoms with Gasteiger partial charge < -0.3 is 10.4 Å². The van der Waals surface area contributed by atoms with Crippen LogP contribution < -0.4 is 5.32 Å². The largest absolute Gasteiger partial charge is 0.392 e. The van der Waals surface area contributed by atoms with Crippen LogP contribution in [0.2, 0.25) is 0 Å². The minimum Gasteiger partial charge on any atom is -0.392 e. The van der Waals surface area contributed by atoms with Crippen LogP contribution in [0.25, 0.3) is 0 Å². The molecule has 0 saturated heterocycles. The van der Waals surface area contributed by atoms with Crippen LogP contribution in [0.15, 0.2) is 24.3 Å². The van der Waals surface area contributed by atoms with E-state index in [4.69, 9.17) is 0 Å². The molecule has 0 spiro atoms. The Balaban J connectivity index is 1.85. The summed E-state index contributed by atoms with van der Waals surface area (Å²) >= 11 is 0. The number of aliphatic hydroxyl groups is 1. The Hall–Kier alpha value is -0.930. The van der Waals surface area contributed by atoms with E-state index >= 15 is 0 Å². The molecule has 2 atom stereocenters. The molecule has 0 bridgehead atoms. The molecule has 1 saturated carbocycles. The van der Waals surface area contributed by atoms with Gasteiger partial charge in [-0.25, -0.2) is 4.39 Å².